The van der Waals surface area contributed by atoms with Gasteiger partial charge in [-0.05, 0) is 55.3 Å². The normalized spacial score (nSPS) is 49.5. The van der Waals surface area contributed by atoms with E-state index in [9.17, 15) is 4.79 Å². The number of ketones is 1. The molecule has 3 saturated carbocycles. The Morgan fingerprint density at radius 3 is 2.67 bits per heavy atom. The topological polar surface area (TPSA) is 35.5 Å². The van der Waals surface area contributed by atoms with Crippen molar-refractivity contribution in [2.45, 2.75) is 71.0 Å². The quantitative estimate of drug-likeness (QED) is 0.623. The lowest BCUT2D eigenvalue weighted by Crippen LogP contribution is -2.52. The molecule has 0 unspecified atom stereocenters. The molecule has 0 aromatic heterocycles. The van der Waals surface area contributed by atoms with E-state index in [-0.39, 0.29) is 16.6 Å². The van der Waals surface area contributed by atoms with Gasteiger partial charge < -0.3 is 9.47 Å². The number of hydrogen-bond donors (Lipinski definition) is 0. The maximum Gasteiger partial charge on any atom is 0.174 e. The molecule has 5 atom stereocenters. The molecule has 3 heteroatoms. The maximum atomic E-state index is 12.0. The highest BCUT2D eigenvalue weighted by Crippen LogP contribution is 2.67. The molecule has 24 heavy (non-hydrogen) atoms. The van der Waals surface area contributed by atoms with Crippen molar-refractivity contribution in [3.8, 4) is 0 Å². The molecule has 0 radical (unpaired) electrons. The van der Waals surface area contributed by atoms with Crippen LogP contribution in [-0.4, -0.2) is 24.8 Å². The summed E-state index contributed by atoms with van der Waals surface area (Å²) >= 11 is 0. The summed E-state index contributed by atoms with van der Waals surface area (Å²) in [6.45, 7) is 6.39. The summed E-state index contributed by atoms with van der Waals surface area (Å²) in [6, 6.07) is 0. The highest BCUT2D eigenvalue weighted by molar-refractivity contribution is 5.80. The van der Waals surface area contributed by atoms with Gasteiger partial charge in [-0.3, -0.25) is 4.79 Å². The van der Waals surface area contributed by atoms with Crippen LogP contribution in [0.1, 0.15) is 65.2 Å². The van der Waals surface area contributed by atoms with E-state index in [1.807, 2.05) is 0 Å². The Morgan fingerprint density at radius 1 is 1.08 bits per heavy atom. The van der Waals surface area contributed by atoms with Crippen molar-refractivity contribution in [3.63, 3.8) is 0 Å². The van der Waals surface area contributed by atoms with Gasteiger partial charge >= 0.3 is 0 Å². The number of ether oxygens (including phenoxy) is 2. The zero-order chi connectivity index (χ0) is 16.6. The Balaban J connectivity index is 1.52. The summed E-state index contributed by atoms with van der Waals surface area (Å²) in [7, 11) is 0. The molecule has 1 aliphatic heterocycles. The fourth-order valence-electron chi connectivity index (χ4n) is 7.20. The fraction of sp³-hybridized carbons (Fsp3) is 0.857. The molecular formula is C21H30O3. The van der Waals surface area contributed by atoms with Gasteiger partial charge in [-0.2, -0.15) is 0 Å². The standard InChI is InChI=1S/C21H30O3/c1-19-8-5-15(22)13-14(19)3-4-16-17(19)6-9-20(2)18(16)7-10-21(20)23-11-12-24-21/h6,14,16,18H,3-5,7-13H2,1-2H3/t14-,16-,18+,19+,20+/m1/s1. The molecule has 4 aliphatic carbocycles. The monoisotopic (exact) mass is 330 g/mol. The van der Waals surface area contributed by atoms with Gasteiger partial charge in [-0.25, -0.2) is 0 Å². The molecule has 0 N–H and O–H groups in total. The minimum Gasteiger partial charge on any atom is -0.347 e. The van der Waals surface area contributed by atoms with Crippen LogP contribution in [0.25, 0.3) is 0 Å². The minimum absolute atomic E-state index is 0.130. The molecule has 5 aliphatic rings. The van der Waals surface area contributed by atoms with Gasteiger partial charge in [-0.1, -0.05) is 25.5 Å². The third-order valence-corrected chi connectivity index (χ3v) is 8.64. The highest BCUT2D eigenvalue weighted by Gasteiger charge is 2.65. The molecular weight excluding hydrogens is 300 g/mol. The summed E-state index contributed by atoms with van der Waals surface area (Å²) in [5.41, 5.74) is 2.10. The second-order valence-corrected chi connectivity index (χ2v) is 9.42. The first kappa shape index (κ1) is 15.6. The number of rotatable bonds is 0. The molecule has 1 spiro atoms. The Morgan fingerprint density at radius 2 is 1.88 bits per heavy atom. The number of carbonyl (C=O) groups is 1. The minimum atomic E-state index is -0.319. The summed E-state index contributed by atoms with van der Waals surface area (Å²) in [4.78, 5) is 12.0. The smallest absolute Gasteiger partial charge is 0.174 e. The van der Waals surface area contributed by atoms with Gasteiger partial charge in [0.1, 0.15) is 5.78 Å². The van der Waals surface area contributed by atoms with E-state index in [0.29, 0.717) is 23.5 Å². The van der Waals surface area contributed by atoms with Crippen LogP contribution in [0.5, 0.6) is 0 Å². The van der Waals surface area contributed by atoms with E-state index in [2.05, 4.69) is 19.9 Å². The van der Waals surface area contributed by atoms with Crippen molar-refractivity contribution in [1.29, 1.82) is 0 Å². The van der Waals surface area contributed by atoms with E-state index in [4.69, 9.17) is 9.47 Å². The van der Waals surface area contributed by atoms with Gasteiger partial charge in [0.05, 0.1) is 13.2 Å². The van der Waals surface area contributed by atoms with Crippen LogP contribution in [0.15, 0.2) is 11.6 Å². The maximum absolute atomic E-state index is 12.0. The Bertz CT molecular complexity index is 602. The molecule has 4 fully saturated rings. The van der Waals surface area contributed by atoms with Gasteiger partial charge in [0.2, 0.25) is 0 Å². The van der Waals surface area contributed by atoms with Crippen LogP contribution >= 0.6 is 0 Å². The van der Waals surface area contributed by atoms with Gasteiger partial charge in [0.15, 0.2) is 5.79 Å². The average molecular weight is 330 g/mol. The van der Waals surface area contributed by atoms with Crippen molar-refractivity contribution in [1.82, 2.24) is 0 Å². The average Bonchev–Trinajstić information content (AvgIpc) is 3.15. The second kappa shape index (κ2) is 4.94. The lowest BCUT2D eigenvalue weighted by Gasteiger charge is -2.56. The molecule has 0 aromatic rings. The van der Waals surface area contributed by atoms with E-state index in [1.54, 1.807) is 5.57 Å². The number of allylic oxidation sites excluding steroid dienone is 2. The molecule has 1 saturated heterocycles. The third kappa shape index (κ3) is 1.78. The van der Waals surface area contributed by atoms with Crippen molar-refractivity contribution in [3.05, 3.63) is 11.6 Å². The molecule has 0 amide bonds. The van der Waals surface area contributed by atoms with Gasteiger partial charge in [0, 0.05) is 24.7 Å². The van der Waals surface area contributed by atoms with E-state index < -0.39 is 0 Å². The largest absolute Gasteiger partial charge is 0.347 e. The first-order valence-electron chi connectivity index (χ1n) is 9.99. The number of carbonyl (C=O) groups excluding carboxylic acids is 1. The summed E-state index contributed by atoms with van der Waals surface area (Å²) < 4.78 is 12.4. The van der Waals surface area contributed by atoms with Crippen molar-refractivity contribution in [2.75, 3.05) is 13.2 Å². The number of fused-ring (bicyclic) bond motifs is 6. The third-order valence-electron chi connectivity index (χ3n) is 8.64. The Kier molecular flexibility index (Phi) is 3.21. The van der Waals surface area contributed by atoms with Gasteiger partial charge in [0.25, 0.3) is 0 Å². The molecule has 132 valence electrons. The summed E-state index contributed by atoms with van der Waals surface area (Å²) in [5.74, 6) is 2.13. The van der Waals surface area contributed by atoms with Crippen molar-refractivity contribution >= 4 is 5.78 Å². The van der Waals surface area contributed by atoms with E-state index in [0.717, 1.165) is 45.3 Å². The molecule has 0 aromatic carbocycles. The summed E-state index contributed by atoms with van der Waals surface area (Å²) in [6.07, 6.45) is 11.1. The Labute approximate surface area is 145 Å². The lowest BCUT2D eigenvalue weighted by molar-refractivity contribution is -0.228. The van der Waals surface area contributed by atoms with Gasteiger partial charge in [-0.15, -0.1) is 0 Å². The predicted octanol–water partition coefficient (Wildman–Crippen LogP) is 4.26. The SMILES string of the molecule is C[C@]12CC=C3[C@@H](CC[C@@H]4CC(=O)CC[C@]34C)[C@@H]1CCC21OCCO1. The highest BCUT2D eigenvalue weighted by atomic mass is 16.7. The van der Waals surface area contributed by atoms with E-state index >= 15 is 0 Å². The van der Waals surface area contributed by atoms with Crippen LogP contribution in [0, 0.1) is 28.6 Å². The Hall–Kier alpha value is -0.670. The van der Waals surface area contributed by atoms with Crippen LogP contribution in [0.2, 0.25) is 0 Å². The molecule has 1 heterocycles. The molecule has 5 rings (SSSR count). The number of hydrogen-bond acceptors (Lipinski definition) is 3. The van der Waals surface area contributed by atoms with E-state index in [1.165, 1.54) is 19.3 Å². The second-order valence-electron chi connectivity index (χ2n) is 9.42. The lowest BCUT2D eigenvalue weighted by atomic mass is 9.49. The fourth-order valence-corrected chi connectivity index (χ4v) is 7.20. The van der Waals surface area contributed by atoms with Crippen LogP contribution < -0.4 is 0 Å². The first-order chi connectivity index (χ1) is 11.5. The van der Waals surface area contributed by atoms with Crippen LogP contribution in [-0.2, 0) is 14.3 Å². The summed E-state index contributed by atoms with van der Waals surface area (Å²) in [5, 5.41) is 0. The number of Topliss-reactive ketones (excluding diaryl/α,β-unsaturated/α-hetero) is 1. The first-order valence-corrected chi connectivity index (χ1v) is 9.99. The zero-order valence-electron chi connectivity index (χ0n) is 15.1. The zero-order valence-corrected chi connectivity index (χ0v) is 15.1. The predicted molar refractivity (Wildman–Crippen MR) is 91.3 cm³/mol. The van der Waals surface area contributed by atoms with Crippen molar-refractivity contribution in [2.24, 2.45) is 28.6 Å². The molecule has 0 bridgehead atoms. The van der Waals surface area contributed by atoms with Crippen molar-refractivity contribution < 1.29 is 14.3 Å². The van der Waals surface area contributed by atoms with Crippen LogP contribution in [0.3, 0.4) is 0 Å². The molecule has 3 nitrogen and oxygen atoms in total. The van der Waals surface area contributed by atoms with Crippen LogP contribution in [0.4, 0.5) is 0 Å².